The summed E-state index contributed by atoms with van der Waals surface area (Å²) in [6.07, 6.45) is 6.77. The highest BCUT2D eigenvalue weighted by atomic mass is 19.1. The summed E-state index contributed by atoms with van der Waals surface area (Å²) < 4.78 is 14.1. The molecule has 2 aliphatic rings. The number of rotatable bonds is 2. The van der Waals surface area contributed by atoms with E-state index in [1.54, 1.807) is 12.1 Å². The molecular formula is C17H25FN2. The lowest BCUT2D eigenvalue weighted by atomic mass is 9.82. The monoisotopic (exact) mass is 276 g/mol. The second-order valence-corrected chi connectivity index (χ2v) is 6.37. The molecule has 20 heavy (non-hydrogen) atoms. The molecule has 0 spiro atoms. The Morgan fingerprint density at radius 1 is 1.15 bits per heavy atom. The molecule has 2 atom stereocenters. The van der Waals surface area contributed by atoms with Crippen LogP contribution in [-0.4, -0.2) is 25.2 Å². The van der Waals surface area contributed by atoms with Gasteiger partial charge >= 0.3 is 0 Å². The normalized spacial score (nSPS) is 28.6. The molecule has 2 unspecified atom stereocenters. The van der Waals surface area contributed by atoms with E-state index >= 15 is 0 Å². The molecule has 3 rings (SSSR count). The molecule has 1 heterocycles. The van der Waals surface area contributed by atoms with Crippen LogP contribution in [0.2, 0.25) is 0 Å². The molecule has 1 aliphatic heterocycles. The summed E-state index contributed by atoms with van der Waals surface area (Å²) in [7, 11) is 0. The number of nitrogens with zero attached hydrogens (tertiary/aromatic N) is 1. The van der Waals surface area contributed by atoms with Gasteiger partial charge in [0.15, 0.2) is 0 Å². The van der Waals surface area contributed by atoms with E-state index in [4.69, 9.17) is 0 Å². The Labute approximate surface area is 121 Å². The number of hydrogen-bond donors (Lipinski definition) is 1. The molecule has 1 aromatic rings. The third-order valence-electron chi connectivity index (χ3n) is 4.98. The summed E-state index contributed by atoms with van der Waals surface area (Å²) in [5.41, 5.74) is 0.766. The molecule has 0 aromatic heterocycles. The molecule has 1 aliphatic carbocycles. The van der Waals surface area contributed by atoms with E-state index in [-0.39, 0.29) is 5.82 Å². The lowest BCUT2D eigenvalue weighted by Gasteiger charge is -2.44. The van der Waals surface area contributed by atoms with Crippen LogP contribution in [0.25, 0.3) is 0 Å². The van der Waals surface area contributed by atoms with Crippen LogP contribution in [0.3, 0.4) is 0 Å². The zero-order valence-electron chi connectivity index (χ0n) is 12.3. The first-order chi connectivity index (χ1) is 9.75. The lowest BCUT2D eigenvalue weighted by Crippen LogP contribution is -2.58. The molecule has 3 heteroatoms. The van der Waals surface area contributed by atoms with Crippen molar-refractivity contribution >= 4 is 5.69 Å². The first-order valence-electron chi connectivity index (χ1n) is 8.00. The minimum Gasteiger partial charge on any atom is -0.364 e. The number of benzene rings is 1. The van der Waals surface area contributed by atoms with E-state index in [1.807, 2.05) is 12.1 Å². The van der Waals surface area contributed by atoms with Crippen molar-refractivity contribution in [3.8, 4) is 0 Å². The Balaban J connectivity index is 1.74. The van der Waals surface area contributed by atoms with Crippen LogP contribution in [0, 0.1) is 11.7 Å². The summed E-state index contributed by atoms with van der Waals surface area (Å²) >= 11 is 0. The summed E-state index contributed by atoms with van der Waals surface area (Å²) in [5, 5.41) is 3.69. The Morgan fingerprint density at radius 2 is 1.90 bits per heavy atom. The first kappa shape index (κ1) is 13.9. The van der Waals surface area contributed by atoms with Crippen molar-refractivity contribution in [2.24, 2.45) is 5.92 Å². The predicted molar refractivity (Wildman–Crippen MR) is 81.6 cm³/mol. The van der Waals surface area contributed by atoms with Gasteiger partial charge in [-0.2, -0.15) is 0 Å². The molecule has 0 radical (unpaired) electrons. The van der Waals surface area contributed by atoms with Gasteiger partial charge in [-0.1, -0.05) is 31.4 Å². The summed E-state index contributed by atoms with van der Waals surface area (Å²) in [5.74, 6) is 0.675. The lowest BCUT2D eigenvalue weighted by molar-refractivity contribution is 0.244. The van der Waals surface area contributed by atoms with Gasteiger partial charge in [-0.25, -0.2) is 4.39 Å². The summed E-state index contributed by atoms with van der Waals surface area (Å²) in [6.45, 7) is 4.07. The number of nitrogens with one attached hydrogen (secondary N) is 1. The van der Waals surface area contributed by atoms with Gasteiger partial charge in [0.1, 0.15) is 5.82 Å². The van der Waals surface area contributed by atoms with Crippen LogP contribution in [0.1, 0.15) is 39.0 Å². The smallest absolute Gasteiger partial charge is 0.146 e. The average Bonchev–Trinajstić information content (AvgIpc) is 2.49. The molecule has 2 nitrogen and oxygen atoms in total. The van der Waals surface area contributed by atoms with Gasteiger partial charge in [0.05, 0.1) is 5.69 Å². The maximum atomic E-state index is 14.1. The Morgan fingerprint density at radius 3 is 2.65 bits per heavy atom. The van der Waals surface area contributed by atoms with E-state index in [9.17, 15) is 4.39 Å². The second-order valence-electron chi connectivity index (χ2n) is 6.37. The Bertz CT molecular complexity index is 442. The van der Waals surface area contributed by atoms with Crippen LogP contribution in [0.5, 0.6) is 0 Å². The van der Waals surface area contributed by atoms with E-state index in [0.717, 1.165) is 24.7 Å². The van der Waals surface area contributed by atoms with Gasteiger partial charge in [0, 0.05) is 25.2 Å². The standard InChI is InChI=1S/C17H25FN2/c1-13-11-19-16(14-7-3-2-4-8-14)12-20(13)17-10-6-5-9-15(17)18/h5-6,9-10,13-14,16,19H,2-4,7-8,11-12H2,1H3. The third-order valence-corrected chi connectivity index (χ3v) is 4.98. The van der Waals surface area contributed by atoms with Gasteiger partial charge < -0.3 is 10.2 Å². The molecule has 0 bridgehead atoms. The topological polar surface area (TPSA) is 15.3 Å². The fourth-order valence-electron chi connectivity index (χ4n) is 3.76. The van der Waals surface area contributed by atoms with Crippen LogP contribution in [-0.2, 0) is 0 Å². The van der Waals surface area contributed by atoms with Crippen molar-refractivity contribution in [3.63, 3.8) is 0 Å². The fraction of sp³-hybridized carbons (Fsp3) is 0.647. The maximum Gasteiger partial charge on any atom is 0.146 e. The van der Waals surface area contributed by atoms with Crippen LogP contribution >= 0.6 is 0 Å². The molecule has 1 N–H and O–H groups in total. The van der Waals surface area contributed by atoms with E-state index < -0.39 is 0 Å². The number of hydrogen-bond acceptors (Lipinski definition) is 2. The van der Waals surface area contributed by atoms with Crippen molar-refractivity contribution in [3.05, 3.63) is 30.1 Å². The molecule has 1 saturated carbocycles. The first-order valence-corrected chi connectivity index (χ1v) is 8.00. The van der Waals surface area contributed by atoms with Gasteiger partial charge in [0.25, 0.3) is 0 Å². The van der Waals surface area contributed by atoms with Gasteiger partial charge in [-0.15, -0.1) is 0 Å². The SMILES string of the molecule is CC1CNC(C2CCCCC2)CN1c1ccccc1F. The zero-order valence-corrected chi connectivity index (χ0v) is 12.3. The van der Waals surface area contributed by atoms with Crippen molar-refractivity contribution < 1.29 is 4.39 Å². The maximum absolute atomic E-state index is 14.1. The minimum atomic E-state index is -0.0938. The van der Waals surface area contributed by atoms with Crippen LogP contribution in [0.15, 0.2) is 24.3 Å². The molecular weight excluding hydrogens is 251 g/mol. The second kappa shape index (κ2) is 6.13. The van der Waals surface area contributed by atoms with Crippen molar-refractivity contribution in [1.82, 2.24) is 5.32 Å². The van der Waals surface area contributed by atoms with E-state index in [0.29, 0.717) is 12.1 Å². The fourth-order valence-corrected chi connectivity index (χ4v) is 3.76. The molecule has 2 fully saturated rings. The zero-order chi connectivity index (χ0) is 13.9. The number of piperazine rings is 1. The van der Waals surface area contributed by atoms with Gasteiger partial charge in [-0.3, -0.25) is 0 Å². The number of halogens is 1. The molecule has 1 saturated heterocycles. The largest absolute Gasteiger partial charge is 0.364 e. The Kier molecular flexibility index (Phi) is 4.25. The van der Waals surface area contributed by atoms with Crippen molar-refractivity contribution in [1.29, 1.82) is 0 Å². The highest BCUT2D eigenvalue weighted by Gasteiger charge is 2.31. The number of para-hydroxylation sites is 1. The molecule has 0 amide bonds. The minimum absolute atomic E-state index is 0.0938. The van der Waals surface area contributed by atoms with Gasteiger partial charge in [-0.05, 0) is 37.8 Å². The third kappa shape index (κ3) is 2.83. The molecule has 1 aromatic carbocycles. The van der Waals surface area contributed by atoms with Gasteiger partial charge in [0.2, 0.25) is 0 Å². The quantitative estimate of drug-likeness (QED) is 0.888. The molecule has 110 valence electrons. The Hall–Kier alpha value is -1.09. The van der Waals surface area contributed by atoms with Crippen LogP contribution < -0.4 is 10.2 Å². The predicted octanol–water partition coefficient (Wildman–Crippen LogP) is 3.57. The summed E-state index contributed by atoms with van der Waals surface area (Å²) in [6, 6.07) is 8.06. The van der Waals surface area contributed by atoms with E-state index in [1.165, 1.54) is 32.1 Å². The average molecular weight is 276 g/mol. The highest BCUT2D eigenvalue weighted by molar-refractivity contribution is 5.49. The summed E-state index contributed by atoms with van der Waals surface area (Å²) in [4.78, 5) is 2.26. The highest BCUT2D eigenvalue weighted by Crippen LogP contribution is 2.30. The number of anilines is 1. The van der Waals surface area contributed by atoms with Crippen LogP contribution in [0.4, 0.5) is 10.1 Å². The van der Waals surface area contributed by atoms with Crippen molar-refractivity contribution in [2.75, 3.05) is 18.0 Å². The van der Waals surface area contributed by atoms with Crippen molar-refractivity contribution in [2.45, 2.75) is 51.1 Å². The van der Waals surface area contributed by atoms with E-state index in [2.05, 4.69) is 17.1 Å².